The molecule has 0 spiro atoms. The second-order valence-electron chi connectivity index (χ2n) is 6.18. The summed E-state index contributed by atoms with van der Waals surface area (Å²) < 4.78 is 14.4. The van der Waals surface area contributed by atoms with Crippen molar-refractivity contribution >= 4 is 27.3 Å². The first-order valence-corrected chi connectivity index (χ1v) is 8.43. The number of halogens is 1. The van der Waals surface area contributed by atoms with Crippen LogP contribution in [0.2, 0.25) is 0 Å². The van der Waals surface area contributed by atoms with E-state index in [1.54, 1.807) is 6.07 Å². The van der Waals surface area contributed by atoms with Crippen molar-refractivity contribution in [2.45, 2.75) is 25.8 Å². The van der Waals surface area contributed by atoms with Gasteiger partial charge in [0, 0.05) is 23.8 Å². The van der Waals surface area contributed by atoms with Crippen LogP contribution in [0.15, 0.2) is 18.2 Å². The van der Waals surface area contributed by atoms with Gasteiger partial charge in [-0.25, -0.2) is 4.39 Å². The average Bonchev–Trinajstić information content (AvgIpc) is 2.83. The predicted molar refractivity (Wildman–Crippen MR) is 89.1 cm³/mol. The molecule has 1 saturated heterocycles. The normalized spacial score (nSPS) is 16.7. The van der Waals surface area contributed by atoms with E-state index in [-0.39, 0.29) is 11.7 Å². The standard InChI is InChI=1S/C17H21FN2OS/c1-11-14-10-12(18)4-5-15(14)22-16(11)17(21)20-8-6-13(7-9-20)19(2)3/h4-5,10,13H,6-9H2,1-3H3. The van der Waals surface area contributed by atoms with Gasteiger partial charge in [-0.3, -0.25) is 4.79 Å². The lowest BCUT2D eigenvalue weighted by Crippen LogP contribution is -2.44. The minimum Gasteiger partial charge on any atom is -0.338 e. The van der Waals surface area contributed by atoms with Crippen molar-refractivity contribution in [1.29, 1.82) is 0 Å². The fourth-order valence-electron chi connectivity index (χ4n) is 3.13. The molecule has 0 aliphatic carbocycles. The molecule has 0 saturated carbocycles. The summed E-state index contributed by atoms with van der Waals surface area (Å²) in [6, 6.07) is 5.30. The molecule has 118 valence electrons. The van der Waals surface area contributed by atoms with Gasteiger partial charge in [-0.2, -0.15) is 0 Å². The molecule has 1 aromatic carbocycles. The smallest absolute Gasteiger partial charge is 0.264 e. The van der Waals surface area contributed by atoms with Crippen LogP contribution >= 0.6 is 11.3 Å². The van der Waals surface area contributed by atoms with E-state index in [1.807, 2.05) is 11.8 Å². The molecule has 1 aromatic heterocycles. The Morgan fingerprint density at radius 1 is 1.32 bits per heavy atom. The molecule has 1 aliphatic rings. The minimum atomic E-state index is -0.251. The number of piperidine rings is 1. The first-order chi connectivity index (χ1) is 10.5. The van der Waals surface area contributed by atoms with Gasteiger partial charge in [-0.1, -0.05) is 0 Å². The van der Waals surface area contributed by atoms with Gasteiger partial charge in [0.05, 0.1) is 4.88 Å². The molecule has 2 heterocycles. The van der Waals surface area contributed by atoms with Crippen LogP contribution in [0.5, 0.6) is 0 Å². The lowest BCUT2D eigenvalue weighted by molar-refractivity contribution is 0.0667. The topological polar surface area (TPSA) is 23.6 Å². The summed E-state index contributed by atoms with van der Waals surface area (Å²) in [6.45, 7) is 3.51. The van der Waals surface area contributed by atoms with Crippen LogP contribution in [0.3, 0.4) is 0 Å². The molecule has 3 nitrogen and oxygen atoms in total. The van der Waals surface area contributed by atoms with E-state index in [0.717, 1.165) is 46.5 Å². The van der Waals surface area contributed by atoms with E-state index in [9.17, 15) is 9.18 Å². The highest BCUT2D eigenvalue weighted by Crippen LogP contribution is 2.32. The van der Waals surface area contributed by atoms with Crippen LogP contribution < -0.4 is 0 Å². The molecule has 0 atom stereocenters. The number of amides is 1. The molecule has 1 fully saturated rings. The minimum absolute atomic E-state index is 0.0938. The third-order valence-corrected chi connectivity index (χ3v) is 5.84. The van der Waals surface area contributed by atoms with Crippen molar-refractivity contribution in [3.05, 3.63) is 34.5 Å². The third kappa shape index (κ3) is 2.75. The molecular formula is C17H21FN2OS. The number of hydrogen-bond donors (Lipinski definition) is 0. The van der Waals surface area contributed by atoms with E-state index in [2.05, 4.69) is 19.0 Å². The second-order valence-corrected chi connectivity index (χ2v) is 7.24. The van der Waals surface area contributed by atoms with Gasteiger partial charge in [-0.15, -0.1) is 11.3 Å². The van der Waals surface area contributed by atoms with Crippen molar-refractivity contribution in [2.75, 3.05) is 27.2 Å². The highest BCUT2D eigenvalue weighted by atomic mass is 32.1. The Labute approximate surface area is 134 Å². The Morgan fingerprint density at radius 3 is 2.64 bits per heavy atom. The SMILES string of the molecule is Cc1c(C(=O)N2CCC(N(C)C)CC2)sc2ccc(F)cc12. The highest BCUT2D eigenvalue weighted by molar-refractivity contribution is 7.21. The Hall–Kier alpha value is -1.46. The largest absolute Gasteiger partial charge is 0.338 e. The summed E-state index contributed by atoms with van der Waals surface area (Å²) in [6.07, 6.45) is 2.02. The van der Waals surface area contributed by atoms with E-state index >= 15 is 0 Å². The maximum Gasteiger partial charge on any atom is 0.264 e. The van der Waals surface area contributed by atoms with E-state index < -0.39 is 0 Å². The van der Waals surface area contributed by atoms with Crippen LogP contribution in [-0.4, -0.2) is 48.9 Å². The van der Waals surface area contributed by atoms with Crippen molar-refractivity contribution in [2.24, 2.45) is 0 Å². The zero-order valence-corrected chi connectivity index (χ0v) is 14.0. The monoisotopic (exact) mass is 320 g/mol. The molecule has 22 heavy (non-hydrogen) atoms. The first kappa shape index (κ1) is 15.4. The van der Waals surface area contributed by atoms with Crippen LogP contribution in [0.4, 0.5) is 4.39 Å². The number of benzene rings is 1. The van der Waals surface area contributed by atoms with Crippen molar-refractivity contribution in [3.8, 4) is 0 Å². The number of likely N-dealkylation sites (tertiary alicyclic amines) is 1. The summed E-state index contributed by atoms with van der Waals surface area (Å²) in [7, 11) is 4.18. The third-order valence-electron chi connectivity index (χ3n) is 4.57. The zero-order chi connectivity index (χ0) is 15.9. The maximum absolute atomic E-state index is 13.4. The van der Waals surface area contributed by atoms with E-state index in [1.165, 1.54) is 23.5 Å². The lowest BCUT2D eigenvalue weighted by Gasteiger charge is -2.35. The Balaban J connectivity index is 1.83. The van der Waals surface area contributed by atoms with Crippen molar-refractivity contribution < 1.29 is 9.18 Å². The number of rotatable bonds is 2. The fourth-order valence-corrected chi connectivity index (χ4v) is 4.28. The van der Waals surface area contributed by atoms with Gasteiger partial charge in [0.1, 0.15) is 5.82 Å². The summed E-state index contributed by atoms with van der Waals surface area (Å²) in [4.78, 5) is 17.7. The molecule has 0 bridgehead atoms. The number of aryl methyl sites for hydroxylation is 1. The maximum atomic E-state index is 13.4. The molecule has 1 amide bonds. The van der Waals surface area contributed by atoms with Crippen molar-refractivity contribution in [1.82, 2.24) is 9.80 Å². The average molecular weight is 320 g/mol. The van der Waals surface area contributed by atoms with Crippen LogP contribution in [0.1, 0.15) is 28.1 Å². The zero-order valence-electron chi connectivity index (χ0n) is 13.2. The number of nitrogens with zero attached hydrogens (tertiary/aromatic N) is 2. The van der Waals surface area contributed by atoms with Gasteiger partial charge >= 0.3 is 0 Å². The predicted octanol–water partition coefficient (Wildman–Crippen LogP) is 3.52. The molecule has 2 aromatic rings. The Morgan fingerprint density at radius 2 is 2.00 bits per heavy atom. The van der Waals surface area contributed by atoms with Crippen molar-refractivity contribution in [3.63, 3.8) is 0 Å². The Kier molecular flexibility index (Phi) is 4.19. The van der Waals surface area contributed by atoms with Crippen LogP contribution in [0.25, 0.3) is 10.1 Å². The molecule has 0 unspecified atom stereocenters. The molecular weight excluding hydrogens is 299 g/mol. The van der Waals surface area contributed by atoms with Gasteiger partial charge < -0.3 is 9.80 Å². The quantitative estimate of drug-likeness (QED) is 0.845. The Bertz CT molecular complexity index is 702. The molecule has 5 heteroatoms. The van der Waals surface area contributed by atoms with Crippen LogP contribution in [0, 0.1) is 12.7 Å². The van der Waals surface area contributed by atoms with Gasteiger partial charge in [0.2, 0.25) is 0 Å². The van der Waals surface area contributed by atoms with Crippen LogP contribution in [-0.2, 0) is 0 Å². The molecule has 0 radical (unpaired) electrons. The lowest BCUT2D eigenvalue weighted by atomic mass is 10.0. The summed E-state index contributed by atoms with van der Waals surface area (Å²) >= 11 is 1.47. The fraction of sp³-hybridized carbons (Fsp3) is 0.471. The number of hydrogen-bond acceptors (Lipinski definition) is 3. The number of fused-ring (bicyclic) bond motifs is 1. The van der Waals surface area contributed by atoms with Gasteiger partial charge in [0.15, 0.2) is 0 Å². The summed E-state index contributed by atoms with van der Waals surface area (Å²) in [5.41, 5.74) is 0.902. The molecule has 0 N–H and O–H groups in total. The van der Waals surface area contributed by atoms with Gasteiger partial charge in [-0.05, 0) is 63.0 Å². The first-order valence-electron chi connectivity index (χ1n) is 7.61. The highest BCUT2D eigenvalue weighted by Gasteiger charge is 2.27. The number of carbonyl (C=O) groups is 1. The molecule has 3 rings (SSSR count). The summed E-state index contributed by atoms with van der Waals surface area (Å²) in [5.74, 6) is -0.157. The number of thiophene rings is 1. The van der Waals surface area contributed by atoms with E-state index in [4.69, 9.17) is 0 Å². The van der Waals surface area contributed by atoms with Gasteiger partial charge in [0.25, 0.3) is 5.91 Å². The molecule has 1 aliphatic heterocycles. The number of carbonyl (C=O) groups excluding carboxylic acids is 1. The van der Waals surface area contributed by atoms with E-state index in [0.29, 0.717) is 6.04 Å². The second kappa shape index (κ2) is 5.97. The summed E-state index contributed by atoms with van der Waals surface area (Å²) in [5, 5.41) is 0.858.